The molecule has 1 aliphatic heterocycles. The van der Waals surface area contributed by atoms with Crippen LogP contribution < -0.4 is 15.0 Å². The summed E-state index contributed by atoms with van der Waals surface area (Å²) >= 11 is 0. The minimum atomic E-state index is -0.0748. The van der Waals surface area contributed by atoms with Crippen molar-refractivity contribution in [3.63, 3.8) is 0 Å². The molecule has 0 fully saturated rings. The van der Waals surface area contributed by atoms with E-state index in [2.05, 4.69) is 24.1 Å². The third-order valence-electron chi connectivity index (χ3n) is 4.90. The molecule has 1 aromatic carbocycles. The number of hydrogen-bond acceptors (Lipinski definition) is 5. The van der Waals surface area contributed by atoms with Crippen molar-refractivity contribution >= 4 is 17.5 Å². The second-order valence-electron chi connectivity index (χ2n) is 8.84. The topological polar surface area (TPSA) is 65.1 Å². The van der Waals surface area contributed by atoms with Gasteiger partial charge < -0.3 is 24.8 Å². The normalized spacial score (nSPS) is 16.4. The molecule has 0 aliphatic carbocycles. The van der Waals surface area contributed by atoms with Crippen molar-refractivity contribution < 1.29 is 14.3 Å². The minimum absolute atomic E-state index is 0.00215. The van der Waals surface area contributed by atoms with Gasteiger partial charge in [-0.05, 0) is 37.7 Å². The van der Waals surface area contributed by atoms with Crippen molar-refractivity contribution in [1.29, 1.82) is 0 Å². The Balaban J connectivity index is 2.01. The molecule has 0 saturated heterocycles. The van der Waals surface area contributed by atoms with Crippen molar-refractivity contribution in [1.82, 2.24) is 15.1 Å². The average Bonchev–Trinajstić information content (AvgIpc) is 2.60. The van der Waals surface area contributed by atoms with Crippen LogP contribution in [-0.2, 0) is 4.79 Å². The number of ether oxygens (including phenoxy) is 1. The molecule has 2 amide bonds. The van der Waals surface area contributed by atoms with E-state index in [1.54, 1.807) is 25.1 Å². The number of carbonyl (C=O) groups is 2. The number of carbonyl (C=O) groups excluding carboxylic acids is 2. The van der Waals surface area contributed by atoms with E-state index in [9.17, 15) is 9.59 Å². The Bertz CT molecular complexity index is 716. The van der Waals surface area contributed by atoms with Crippen LogP contribution in [0.2, 0.25) is 0 Å². The lowest BCUT2D eigenvalue weighted by Gasteiger charge is -2.36. The molecule has 0 unspecified atom stereocenters. The molecule has 1 aromatic rings. The molecule has 7 heteroatoms. The molecule has 7 nitrogen and oxygen atoms in total. The van der Waals surface area contributed by atoms with E-state index in [1.165, 1.54) is 0 Å². The summed E-state index contributed by atoms with van der Waals surface area (Å²) in [5.41, 5.74) is 1.45. The molecule has 0 aromatic heterocycles. The number of likely N-dealkylation sites (N-methyl/N-ethyl adjacent to an activating group) is 1. The van der Waals surface area contributed by atoms with Crippen LogP contribution in [0.25, 0.3) is 0 Å². The summed E-state index contributed by atoms with van der Waals surface area (Å²) in [6.07, 6.45) is 0.347. The highest BCUT2D eigenvalue weighted by atomic mass is 16.5. The van der Waals surface area contributed by atoms with Crippen LogP contribution >= 0.6 is 0 Å². The molecular formula is C21H34N4O3. The number of fused-ring (bicyclic) bond motifs is 1. The van der Waals surface area contributed by atoms with Gasteiger partial charge in [0.25, 0.3) is 5.91 Å². The Labute approximate surface area is 168 Å². The number of nitrogens with one attached hydrogen (secondary N) is 1. The second-order valence-corrected chi connectivity index (χ2v) is 8.84. The Morgan fingerprint density at radius 3 is 2.54 bits per heavy atom. The van der Waals surface area contributed by atoms with Crippen LogP contribution in [0.15, 0.2) is 18.2 Å². The Hall–Kier alpha value is -2.28. The number of amides is 2. The fourth-order valence-electron chi connectivity index (χ4n) is 3.53. The van der Waals surface area contributed by atoms with Gasteiger partial charge >= 0.3 is 0 Å². The molecule has 1 aliphatic rings. The average molecular weight is 391 g/mol. The van der Waals surface area contributed by atoms with Gasteiger partial charge in [0.2, 0.25) is 5.91 Å². The Kier molecular flexibility index (Phi) is 6.93. The smallest absolute Gasteiger partial charge is 0.253 e. The lowest BCUT2D eigenvalue weighted by Crippen LogP contribution is -2.46. The van der Waals surface area contributed by atoms with Gasteiger partial charge in [-0.2, -0.15) is 0 Å². The third kappa shape index (κ3) is 5.61. The van der Waals surface area contributed by atoms with E-state index >= 15 is 0 Å². The Morgan fingerprint density at radius 2 is 1.93 bits per heavy atom. The monoisotopic (exact) mass is 390 g/mol. The molecule has 1 atom stereocenters. The zero-order chi connectivity index (χ0) is 21.1. The van der Waals surface area contributed by atoms with E-state index < -0.39 is 0 Å². The van der Waals surface area contributed by atoms with Crippen LogP contribution in [0.3, 0.4) is 0 Å². The molecule has 28 heavy (non-hydrogen) atoms. The highest BCUT2D eigenvalue weighted by Crippen LogP contribution is 2.34. The zero-order valence-electron chi connectivity index (χ0n) is 18.2. The van der Waals surface area contributed by atoms with Gasteiger partial charge in [0.05, 0.1) is 18.2 Å². The first-order valence-electron chi connectivity index (χ1n) is 9.63. The first kappa shape index (κ1) is 22.0. The summed E-state index contributed by atoms with van der Waals surface area (Å²) in [5, 5.41) is 3.06. The summed E-state index contributed by atoms with van der Waals surface area (Å²) in [6.45, 7) is 6.25. The largest absolute Gasteiger partial charge is 0.489 e. The predicted octanol–water partition coefficient (Wildman–Crippen LogP) is 1.68. The molecule has 0 spiro atoms. The molecule has 1 N–H and O–H groups in total. The quantitative estimate of drug-likeness (QED) is 0.767. The predicted molar refractivity (Wildman–Crippen MR) is 112 cm³/mol. The maximum absolute atomic E-state index is 12.5. The van der Waals surface area contributed by atoms with Gasteiger partial charge in [-0.25, -0.2) is 0 Å². The van der Waals surface area contributed by atoms with Gasteiger partial charge in [0.15, 0.2) is 0 Å². The van der Waals surface area contributed by atoms with Crippen molar-refractivity contribution in [2.24, 2.45) is 5.41 Å². The van der Waals surface area contributed by atoms with E-state index in [0.29, 0.717) is 25.1 Å². The standard InChI is InChI=1S/C21H34N4O3/c1-21(2,14-23(3)4)13-22-19(26)11-16-12-28-18-9-8-15(20(27)24(5)6)10-17(18)25(16)7/h8-10,16H,11-14H2,1-7H3,(H,22,26)/t16-/m1/s1. The van der Waals surface area contributed by atoms with Gasteiger partial charge in [0.1, 0.15) is 12.4 Å². The van der Waals surface area contributed by atoms with Crippen molar-refractivity contribution in [3.05, 3.63) is 23.8 Å². The van der Waals surface area contributed by atoms with Gasteiger partial charge in [-0.1, -0.05) is 13.8 Å². The second kappa shape index (κ2) is 8.82. The first-order valence-corrected chi connectivity index (χ1v) is 9.63. The Morgan fingerprint density at radius 1 is 1.25 bits per heavy atom. The molecule has 0 radical (unpaired) electrons. The summed E-state index contributed by atoms with van der Waals surface area (Å²) in [7, 11) is 9.47. The van der Waals surface area contributed by atoms with Crippen molar-refractivity contribution in [2.75, 3.05) is 59.8 Å². The minimum Gasteiger partial charge on any atom is -0.489 e. The molecule has 0 bridgehead atoms. The zero-order valence-corrected chi connectivity index (χ0v) is 18.2. The number of nitrogens with zero attached hydrogens (tertiary/aromatic N) is 3. The van der Waals surface area contributed by atoms with Crippen LogP contribution in [0.1, 0.15) is 30.6 Å². The van der Waals surface area contributed by atoms with E-state index in [-0.39, 0.29) is 23.3 Å². The number of rotatable bonds is 7. The fraction of sp³-hybridized carbons (Fsp3) is 0.619. The van der Waals surface area contributed by atoms with Gasteiger partial charge in [-0.15, -0.1) is 0 Å². The highest BCUT2D eigenvalue weighted by Gasteiger charge is 2.28. The van der Waals surface area contributed by atoms with E-state index in [1.807, 2.05) is 38.2 Å². The highest BCUT2D eigenvalue weighted by molar-refractivity contribution is 5.95. The van der Waals surface area contributed by atoms with Crippen molar-refractivity contribution in [2.45, 2.75) is 26.3 Å². The maximum Gasteiger partial charge on any atom is 0.253 e. The van der Waals surface area contributed by atoms with Crippen LogP contribution in [-0.4, -0.2) is 82.6 Å². The van der Waals surface area contributed by atoms with Gasteiger partial charge in [0, 0.05) is 39.8 Å². The molecule has 1 heterocycles. The van der Waals surface area contributed by atoms with E-state index in [0.717, 1.165) is 18.0 Å². The SMILES string of the molecule is CN(C)CC(C)(C)CNC(=O)C[C@@H]1COc2ccc(C(=O)N(C)C)cc2N1C. The number of anilines is 1. The fourth-order valence-corrected chi connectivity index (χ4v) is 3.53. The van der Waals surface area contributed by atoms with Crippen LogP contribution in [0.4, 0.5) is 5.69 Å². The summed E-state index contributed by atoms with van der Waals surface area (Å²) < 4.78 is 5.85. The molecule has 156 valence electrons. The van der Waals surface area contributed by atoms with Gasteiger partial charge in [-0.3, -0.25) is 9.59 Å². The van der Waals surface area contributed by atoms with Crippen molar-refractivity contribution in [3.8, 4) is 5.75 Å². The lowest BCUT2D eigenvalue weighted by atomic mass is 9.93. The molecular weight excluding hydrogens is 356 g/mol. The van der Waals surface area contributed by atoms with E-state index in [4.69, 9.17) is 4.74 Å². The van der Waals surface area contributed by atoms with Crippen LogP contribution in [0, 0.1) is 5.41 Å². The molecule has 0 saturated carbocycles. The summed E-state index contributed by atoms with van der Waals surface area (Å²) in [6, 6.07) is 5.36. The third-order valence-corrected chi connectivity index (χ3v) is 4.90. The summed E-state index contributed by atoms with van der Waals surface area (Å²) in [5.74, 6) is 0.692. The first-order chi connectivity index (χ1) is 13.0. The summed E-state index contributed by atoms with van der Waals surface area (Å²) in [4.78, 5) is 30.5. The number of benzene rings is 1. The number of hydrogen-bond donors (Lipinski definition) is 1. The molecule has 2 rings (SSSR count). The van der Waals surface area contributed by atoms with Crippen LogP contribution in [0.5, 0.6) is 5.75 Å². The lowest BCUT2D eigenvalue weighted by molar-refractivity contribution is -0.122. The maximum atomic E-state index is 12.5.